The summed E-state index contributed by atoms with van der Waals surface area (Å²) in [7, 11) is -3.67. The van der Waals surface area contributed by atoms with Crippen LogP contribution in [0, 0.1) is 13.8 Å². The molecule has 0 spiro atoms. The Morgan fingerprint density at radius 2 is 1.84 bits per heavy atom. The Morgan fingerprint density at radius 3 is 2.36 bits per heavy atom. The summed E-state index contributed by atoms with van der Waals surface area (Å²) in [6.45, 7) is 7.94. The molecule has 2 aromatic rings. The van der Waals surface area contributed by atoms with Gasteiger partial charge in [0.1, 0.15) is 5.75 Å². The van der Waals surface area contributed by atoms with E-state index in [1.807, 2.05) is 13.8 Å². The first-order valence-corrected chi connectivity index (χ1v) is 10.2. The van der Waals surface area contributed by atoms with Crippen molar-refractivity contribution < 1.29 is 18.3 Å². The number of amides is 1. The second kappa shape index (κ2) is 7.55. The van der Waals surface area contributed by atoms with Gasteiger partial charge in [-0.15, -0.1) is 11.3 Å². The second-order valence-corrected chi connectivity index (χ2v) is 8.95. The average Bonchev–Trinajstić information content (AvgIpc) is 2.88. The fourth-order valence-corrected chi connectivity index (χ4v) is 4.94. The summed E-state index contributed by atoms with van der Waals surface area (Å²) in [5, 5.41) is 12.6. The van der Waals surface area contributed by atoms with E-state index in [4.69, 9.17) is 0 Å². The van der Waals surface area contributed by atoms with Gasteiger partial charge in [0.25, 0.3) is 5.91 Å². The van der Waals surface area contributed by atoms with Crippen LogP contribution < -0.4 is 5.32 Å². The minimum absolute atomic E-state index is 0.0301. The summed E-state index contributed by atoms with van der Waals surface area (Å²) in [5.74, 6) is -0.564. The summed E-state index contributed by atoms with van der Waals surface area (Å²) in [5.41, 5.74) is 0.584. The van der Waals surface area contributed by atoms with E-state index in [1.54, 1.807) is 19.9 Å². The number of nitrogens with one attached hydrogen (secondary N) is 1. The molecule has 0 radical (unpaired) electrons. The topological polar surface area (TPSA) is 86.7 Å². The smallest absolute Gasteiger partial charge is 0.256 e. The van der Waals surface area contributed by atoms with Gasteiger partial charge in [0.2, 0.25) is 10.0 Å². The van der Waals surface area contributed by atoms with Crippen molar-refractivity contribution in [3.05, 3.63) is 39.6 Å². The van der Waals surface area contributed by atoms with Gasteiger partial charge in [-0.2, -0.15) is 4.31 Å². The lowest BCUT2D eigenvalue weighted by molar-refractivity contribution is 0.102. The van der Waals surface area contributed by atoms with Crippen LogP contribution in [0.3, 0.4) is 0 Å². The highest BCUT2D eigenvalue weighted by atomic mass is 32.2. The molecular formula is C17H22N2O4S2. The summed E-state index contributed by atoms with van der Waals surface area (Å²) in [6.07, 6.45) is 0. The number of benzene rings is 1. The highest BCUT2D eigenvalue weighted by Crippen LogP contribution is 2.29. The number of anilines is 1. The van der Waals surface area contributed by atoms with Crippen LogP contribution in [0.5, 0.6) is 5.75 Å². The molecule has 0 atom stereocenters. The molecule has 2 rings (SSSR count). The van der Waals surface area contributed by atoms with Gasteiger partial charge >= 0.3 is 0 Å². The number of nitrogens with zero attached hydrogens (tertiary/aromatic N) is 1. The molecule has 25 heavy (non-hydrogen) atoms. The van der Waals surface area contributed by atoms with Crippen LogP contribution in [0.25, 0.3) is 0 Å². The Labute approximate surface area is 152 Å². The highest BCUT2D eigenvalue weighted by molar-refractivity contribution is 7.89. The van der Waals surface area contributed by atoms with Crippen molar-refractivity contribution >= 4 is 33.0 Å². The van der Waals surface area contributed by atoms with Gasteiger partial charge in [-0.25, -0.2) is 8.42 Å². The average molecular weight is 383 g/mol. The van der Waals surface area contributed by atoms with Crippen molar-refractivity contribution in [1.29, 1.82) is 0 Å². The van der Waals surface area contributed by atoms with Gasteiger partial charge in [-0.1, -0.05) is 13.8 Å². The Balaban J connectivity index is 2.37. The Bertz CT molecular complexity index is 884. The molecule has 136 valence electrons. The SMILES string of the molecule is CCN(CC)S(=O)(=O)c1ccc(O)c(NC(=O)c2cc(C)sc2C)c1. The third-order valence-electron chi connectivity index (χ3n) is 3.85. The maximum Gasteiger partial charge on any atom is 0.256 e. The number of aryl methyl sites for hydroxylation is 2. The number of rotatable bonds is 6. The number of aromatic hydroxyl groups is 1. The van der Waals surface area contributed by atoms with E-state index < -0.39 is 10.0 Å². The van der Waals surface area contributed by atoms with Crippen molar-refractivity contribution in [3.8, 4) is 5.75 Å². The summed E-state index contributed by atoms with van der Waals surface area (Å²) in [4.78, 5) is 14.3. The predicted octanol–water partition coefficient (Wildman–Crippen LogP) is 3.35. The molecule has 0 aliphatic heterocycles. The predicted molar refractivity (Wildman–Crippen MR) is 100.0 cm³/mol. The van der Waals surface area contributed by atoms with Gasteiger partial charge in [-0.3, -0.25) is 4.79 Å². The molecule has 8 heteroatoms. The fraction of sp³-hybridized carbons (Fsp3) is 0.353. The van der Waals surface area contributed by atoms with Crippen LogP contribution in [0.1, 0.15) is 34.0 Å². The van der Waals surface area contributed by atoms with E-state index in [9.17, 15) is 18.3 Å². The molecule has 0 saturated carbocycles. The number of phenolic OH excluding ortho intramolecular Hbond substituents is 1. The van der Waals surface area contributed by atoms with E-state index in [1.165, 1.54) is 33.8 Å². The van der Waals surface area contributed by atoms with Crippen molar-refractivity contribution in [3.63, 3.8) is 0 Å². The summed E-state index contributed by atoms with van der Waals surface area (Å²) >= 11 is 1.50. The fourth-order valence-electron chi connectivity index (χ4n) is 2.53. The summed E-state index contributed by atoms with van der Waals surface area (Å²) < 4.78 is 26.5. The zero-order chi connectivity index (χ0) is 18.8. The molecule has 0 aliphatic carbocycles. The van der Waals surface area contributed by atoms with Crippen LogP contribution in [-0.2, 0) is 10.0 Å². The van der Waals surface area contributed by atoms with Crippen molar-refractivity contribution in [2.75, 3.05) is 18.4 Å². The minimum Gasteiger partial charge on any atom is -0.506 e. The number of carbonyl (C=O) groups excluding carboxylic acids is 1. The van der Waals surface area contributed by atoms with Crippen LogP contribution in [0.2, 0.25) is 0 Å². The molecule has 1 aromatic heterocycles. The van der Waals surface area contributed by atoms with Gasteiger partial charge in [-0.05, 0) is 38.1 Å². The molecule has 1 aromatic carbocycles. The number of hydrogen-bond acceptors (Lipinski definition) is 5. The number of phenols is 1. The van der Waals surface area contributed by atoms with Crippen molar-refractivity contribution in [2.45, 2.75) is 32.6 Å². The first-order chi connectivity index (χ1) is 11.7. The molecular weight excluding hydrogens is 360 g/mol. The van der Waals surface area contributed by atoms with Crippen molar-refractivity contribution in [1.82, 2.24) is 4.31 Å². The highest BCUT2D eigenvalue weighted by Gasteiger charge is 2.23. The normalized spacial score (nSPS) is 11.7. The zero-order valence-electron chi connectivity index (χ0n) is 14.7. The van der Waals surface area contributed by atoms with Crippen LogP contribution in [-0.4, -0.2) is 36.8 Å². The van der Waals surface area contributed by atoms with Gasteiger partial charge < -0.3 is 10.4 Å². The Kier molecular flexibility index (Phi) is 5.87. The quantitative estimate of drug-likeness (QED) is 0.750. The largest absolute Gasteiger partial charge is 0.506 e. The standard InChI is InChI=1S/C17H22N2O4S2/c1-5-19(6-2)25(22,23)13-7-8-16(20)15(10-13)18-17(21)14-9-11(3)24-12(14)4/h7-10,20H,5-6H2,1-4H3,(H,18,21). The van der Waals surface area contributed by atoms with E-state index in [2.05, 4.69) is 5.32 Å². The molecule has 0 saturated heterocycles. The van der Waals surface area contributed by atoms with Crippen molar-refractivity contribution in [2.24, 2.45) is 0 Å². The monoisotopic (exact) mass is 382 g/mol. The molecule has 0 aliphatic rings. The minimum atomic E-state index is -3.67. The van der Waals surface area contributed by atoms with Gasteiger partial charge in [0.05, 0.1) is 16.1 Å². The molecule has 0 bridgehead atoms. The maximum absolute atomic E-state index is 12.6. The number of thiophene rings is 1. The molecule has 0 unspecified atom stereocenters. The van der Waals surface area contributed by atoms with Gasteiger partial charge in [0, 0.05) is 22.8 Å². The lowest BCUT2D eigenvalue weighted by Gasteiger charge is -2.19. The Morgan fingerprint density at radius 1 is 1.20 bits per heavy atom. The second-order valence-electron chi connectivity index (χ2n) is 5.55. The lowest BCUT2D eigenvalue weighted by atomic mass is 10.2. The molecule has 0 fully saturated rings. The molecule has 2 N–H and O–H groups in total. The zero-order valence-corrected chi connectivity index (χ0v) is 16.3. The molecule has 6 nitrogen and oxygen atoms in total. The number of hydrogen-bond donors (Lipinski definition) is 2. The van der Waals surface area contributed by atoms with Crippen LogP contribution in [0.15, 0.2) is 29.2 Å². The third kappa shape index (κ3) is 4.02. The number of sulfonamides is 1. The summed E-state index contributed by atoms with van der Waals surface area (Å²) in [6, 6.07) is 5.66. The lowest BCUT2D eigenvalue weighted by Crippen LogP contribution is -2.30. The Hall–Kier alpha value is -1.90. The van der Waals surface area contributed by atoms with Crippen LogP contribution >= 0.6 is 11.3 Å². The van der Waals surface area contributed by atoms with E-state index in [0.717, 1.165) is 9.75 Å². The first-order valence-electron chi connectivity index (χ1n) is 7.92. The van der Waals surface area contributed by atoms with E-state index in [-0.39, 0.29) is 22.2 Å². The molecule has 1 amide bonds. The van der Waals surface area contributed by atoms with E-state index >= 15 is 0 Å². The molecule has 1 heterocycles. The van der Waals surface area contributed by atoms with E-state index in [0.29, 0.717) is 18.7 Å². The van der Waals surface area contributed by atoms with Gasteiger partial charge in [0.15, 0.2) is 0 Å². The third-order valence-corrected chi connectivity index (χ3v) is 6.86. The first kappa shape index (κ1) is 19.4. The van der Waals surface area contributed by atoms with Crippen LogP contribution in [0.4, 0.5) is 5.69 Å². The number of carbonyl (C=O) groups is 1. The maximum atomic E-state index is 12.6.